The van der Waals surface area contributed by atoms with Gasteiger partial charge in [-0.1, -0.05) is 15.9 Å². The van der Waals surface area contributed by atoms with Gasteiger partial charge in [0.05, 0.1) is 29.3 Å². The topological polar surface area (TPSA) is 80.9 Å². The first-order valence-corrected chi connectivity index (χ1v) is 6.01. The van der Waals surface area contributed by atoms with Gasteiger partial charge in [-0.2, -0.15) is 10.2 Å². The molecule has 0 fully saturated rings. The summed E-state index contributed by atoms with van der Waals surface area (Å²) >= 11 is 3.35. The van der Waals surface area contributed by atoms with Crippen LogP contribution in [0.1, 0.15) is 15.9 Å². The molecule has 2 rings (SSSR count). The number of amides is 1. The largest absolute Gasteiger partial charge is 0.397 e. The van der Waals surface area contributed by atoms with Crippen molar-refractivity contribution in [3.05, 3.63) is 46.2 Å². The molecule has 18 heavy (non-hydrogen) atoms. The van der Waals surface area contributed by atoms with Crippen molar-refractivity contribution in [3.63, 3.8) is 0 Å². The first kappa shape index (κ1) is 12.5. The van der Waals surface area contributed by atoms with Crippen molar-refractivity contribution in [1.82, 2.24) is 10.2 Å². The summed E-state index contributed by atoms with van der Waals surface area (Å²) in [6, 6.07) is 5.22. The summed E-state index contributed by atoms with van der Waals surface area (Å²) in [4.78, 5) is 12.0. The Morgan fingerprint density at radius 1 is 1.39 bits per heavy atom. The van der Waals surface area contributed by atoms with Crippen LogP contribution in [0.5, 0.6) is 0 Å². The molecular weight excluding hydrogens is 296 g/mol. The molecule has 6 heteroatoms. The molecule has 0 unspecified atom stereocenters. The maximum absolute atomic E-state index is 12.0. The number of carbonyl (C=O) groups excluding carboxylic acids is 1. The summed E-state index contributed by atoms with van der Waals surface area (Å²) in [6.45, 7) is 1.88. The Morgan fingerprint density at radius 3 is 2.78 bits per heavy atom. The van der Waals surface area contributed by atoms with Crippen molar-refractivity contribution in [3.8, 4) is 0 Å². The number of aromatic nitrogens is 2. The average Bonchev–Trinajstić information content (AvgIpc) is 2.34. The molecule has 0 aliphatic rings. The van der Waals surface area contributed by atoms with Crippen LogP contribution in [0.4, 0.5) is 11.4 Å². The fourth-order valence-electron chi connectivity index (χ4n) is 1.55. The number of nitrogens with one attached hydrogen (secondary N) is 1. The second-order valence-corrected chi connectivity index (χ2v) is 4.69. The van der Waals surface area contributed by atoms with E-state index in [0.29, 0.717) is 16.9 Å². The van der Waals surface area contributed by atoms with E-state index >= 15 is 0 Å². The zero-order valence-corrected chi connectivity index (χ0v) is 11.2. The lowest BCUT2D eigenvalue weighted by Crippen LogP contribution is -2.14. The number of nitrogen functional groups attached to an aromatic ring is 1. The molecule has 1 aromatic carbocycles. The van der Waals surface area contributed by atoms with Crippen molar-refractivity contribution in [1.29, 1.82) is 0 Å². The van der Waals surface area contributed by atoms with Gasteiger partial charge in [0.2, 0.25) is 0 Å². The van der Waals surface area contributed by atoms with Gasteiger partial charge in [0.1, 0.15) is 0 Å². The van der Waals surface area contributed by atoms with Crippen LogP contribution in [0, 0.1) is 6.92 Å². The van der Waals surface area contributed by atoms with E-state index in [9.17, 15) is 4.79 Å². The molecule has 2 aromatic rings. The Kier molecular flexibility index (Phi) is 3.57. The normalized spacial score (nSPS) is 10.1. The van der Waals surface area contributed by atoms with E-state index in [1.165, 1.54) is 12.4 Å². The number of rotatable bonds is 2. The molecule has 0 saturated heterocycles. The van der Waals surface area contributed by atoms with Crippen molar-refractivity contribution >= 4 is 33.2 Å². The van der Waals surface area contributed by atoms with Crippen molar-refractivity contribution in [2.75, 3.05) is 11.1 Å². The van der Waals surface area contributed by atoms with Crippen molar-refractivity contribution < 1.29 is 4.79 Å². The highest BCUT2D eigenvalue weighted by atomic mass is 79.9. The standard InChI is InChI=1S/C12H11BrN4O/c1-7-4-9(13)5-10(14)11(7)17-12(18)8-2-3-15-16-6-8/h2-6H,14H2,1H3,(H,17,18). The highest BCUT2D eigenvalue weighted by Gasteiger charge is 2.11. The fraction of sp³-hybridized carbons (Fsp3) is 0.0833. The number of benzene rings is 1. The van der Waals surface area contributed by atoms with Gasteiger partial charge in [0, 0.05) is 4.47 Å². The van der Waals surface area contributed by atoms with Crippen LogP contribution in [-0.2, 0) is 0 Å². The maximum atomic E-state index is 12.0. The molecule has 1 heterocycles. The minimum absolute atomic E-state index is 0.262. The first-order valence-electron chi connectivity index (χ1n) is 5.21. The molecule has 3 N–H and O–H groups in total. The van der Waals surface area contributed by atoms with Gasteiger partial charge in [0.25, 0.3) is 5.91 Å². The Morgan fingerprint density at radius 2 is 2.17 bits per heavy atom. The molecule has 1 amide bonds. The fourth-order valence-corrected chi connectivity index (χ4v) is 2.14. The molecule has 0 aliphatic carbocycles. The number of hydrogen-bond acceptors (Lipinski definition) is 4. The summed E-state index contributed by atoms with van der Waals surface area (Å²) in [6.07, 6.45) is 2.87. The van der Waals surface area contributed by atoms with Crippen LogP contribution in [0.15, 0.2) is 35.1 Å². The lowest BCUT2D eigenvalue weighted by molar-refractivity contribution is 0.102. The molecular formula is C12H11BrN4O. The zero-order valence-electron chi connectivity index (χ0n) is 9.64. The number of halogens is 1. The Hall–Kier alpha value is -1.95. The van der Waals surface area contributed by atoms with Crippen LogP contribution < -0.4 is 11.1 Å². The molecule has 0 spiro atoms. The van der Waals surface area contributed by atoms with Crippen LogP contribution in [0.2, 0.25) is 0 Å². The van der Waals surface area contributed by atoms with Crippen LogP contribution in [-0.4, -0.2) is 16.1 Å². The van der Waals surface area contributed by atoms with Crippen LogP contribution in [0.3, 0.4) is 0 Å². The third kappa shape index (κ3) is 2.65. The van der Waals surface area contributed by atoms with Gasteiger partial charge in [-0.05, 0) is 30.7 Å². The molecule has 92 valence electrons. The van der Waals surface area contributed by atoms with E-state index < -0.39 is 0 Å². The smallest absolute Gasteiger partial charge is 0.257 e. The predicted octanol–water partition coefficient (Wildman–Crippen LogP) is 2.38. The average molecular weight is 307 g/mol. The molecule has 0 bridgehead atoms. The summed E-state index contributed by atoms with van der Waals surface area (Å²) in [5, 5.41) is 10.0. The van der Waals surface area contributed by atoms with E-state index in [2.05, 4.69) is 31.4 Å². The van der Waals surface area contributed by atoms with Gasteiger partial charge in [-0.25, -0.2) is 0 Å². The van der Waals surface area contributed by atoms with E-state index in [0.717, 1.165) is 10.0 Å². The van der Waals surface area contributed by atoms with Gasteiger partial charge in [-0.15, -0.1) is 0 Å². The minimum Gasteiger partial charge on any atom is -0.397 e. The zero-order chi connectivity index (χ0) is 13.1. The predicted molar refractivity (Wildman–Crippen MR) is 73.3 cm³/mol. The van der Waals surface area contributed by atoms with Gasteiger partial charge < -0.3 is 11.1 Å². The lowest BCUT2D eigenvalue weighted by Gasteiger charge is -2.11. The van der Waals surface area contributed by atoms with Gasteiger partial charge >= 0.3 is 0 Å². The quantitative estimate of drug-likeness (QED) is 0.835. The van der Waals surface area contributed by atoms with Gasteiger partial charge in [-0.3, -0.25) is 4.79 Å². The maximum Gasteiger partial charge on any atom is 0.257 e. The molecule has 0 saturated carbocycles. The Balaban J connectivity index is 2.28. The number of nitrogens with two attached hydrogens (primary N) is 1. The first-order chi connectivity index (χ1) is 8.58. The van der Waals surface area contributed by atoms with Gasteiger partial charge in [0.15, 0.2) is 0 Å². The van der Waals surface area contributed by atoms with Crippen molar-refractivity contribution in [2.45, 2.75) is 6.92 Å². The summed E-state index contributed by atoms with van der Waals surface area (Å²) in [7, 11) is 0. The number of nitrogens with zero attached hydrogens (tertiary/aromatic N) is 2. The van der Waals surface area contributed by atoms with E-state index in [-0.39, 0.29) is 5.91 Å². The lowest BCUT2D eigenvalue weighted by atomic mass is 10.1. The SMILES string of the molecule is Cc1cc(Br)cc(N)c1NC(=O)c1ccnnc1. The monoisotopic (exact) mass is 306 g/mol. The van der Waals surface area contributed by atoms with E-state index in [1.807, 2.05) is 13.0 Å². The summed E-state index contributed by atoms with van der Waals surface area (Å²) < 4.78 is 0.876. The molecule has 0 aliphatic heterocycles. The van der Waals surface area contributed by atoms with Crippen LogP contribution >= 0.6 is 15.9 Å². The number of hydrogen-bond donors (Lipinski definition) is 2. The number of aryl methyl sites for hydroxylation is 1. The third-order valence-electron chi connectivity index (χ3n) is 2.42. The second-order valence-electron chi connectivity index (χ2n) is 3.77. The van der Waals surface area contributed by atoms with Crippen molar-refractivity contribution in [2.24, 2.45) is 0 Å². The highest BCUT2D eigenvalue weighted by Crippen LogP contribution is 2.28. The Labute approximate surface area is 113 Å². The molecule has 0 radical (unpaired) electrons. The third-order valence-corrected chi connectivity index (χ3v) is 2.87. The Bertz CT molecular complexity index is 563. The highest BCUT2D eigenvalue weighted by molar-refractivity contribution is 9.10. The van der Waals surface area contributed by atoms with Crippen LogP contribution in [0.25, 0.3) is 0 Å². The number of carbonyl (C=O) groups is 1. The van der Waals surface area contributed by atoms with E-state index in [1.54, 1.807) is 12.1 Å². The summed E-state index contributed by atoms with van der Waals surface area (Å²) in [5.41, 5.74) is 8.32. The summed E-state index contributed by atoms with van der Waals surface area (Å²) in [5.74, 6) is -0.262. The molecule has 0 atom stereocenters. The minimum atomic E-state index is -0.262. The molecule has 1 aromatic heterocycles. The second kappa shape index (κ2) is 5.14. The van der Waals surface area contributed by atoms with E-state index in [4.69, 9.17) is 5.73 Å². The number of anilines is 2. The molecule has 5 nitrogen and oxygen atoms in total.